The Morgan fingerprint density at radius 1 is 1.05 bits per heavy atom. The highest BCUT2D eigenvalue weighted by atomic mass is 32.2. The summed E-state index contributed by atoms with van der Waals surface area (Å²) in [5.41, 5.74) is 0.815. The molecule has 0 bridgehead atoms. The third-order valence-corrected chi connectivity index (χ3v) is 7.57. The number of nitrogens with zero attached hydrogens (tertiary/aromatic N) is 3. The summed E-state index contributed by atoms with van der Waals surface area (Å²) >= 11 is 0. The fraction of sp³-hybridized carbons (Fsp3) is 0.393. The average Bonchev–Trinajstić information content (AvgIpc) is 2.94. The molecule has 3 aromatic rings. The summed E-state index contributed by atoms with van der Waals surface area (Å²) in [7, 11) is -2.68. The number of aliphatic carboxylic acids is 1. The Hall–Kier alpha value is -4.10. The Balaban J connectivity index is 1.81. The Bertz CT molecular complexity index is 1470. The minimum atomic E-state index is -4.15. The molecule has 0 radical (unpaired) electrons. The smallest absolute Gasteiger partial charge is 0.306 e. The van der Waals surface area contributed by atoms with E-state index in [1.807, 2.05) is 25.7 Å². The third-order valence-electron chi connectivity index (χ3n) is 6.21. The van der Waals surface area contributed by atoms with Gasteiger partial charge < -0.3 is 29.0 Å². The molecule has 2 N–H and O–H groups in total. The van der Waals surface area contributed by atoms with Crippen molar-refractivity contribution in [1.82, 2.24) is 9.97 Å². The lowest BCUT2D eigenvalue weighted by atomic mass is 9.87. The molecule has 0 amide bonds. The van der Waals surface area contributed by atoms with Gasteiger partial charge in [0.2, 0.25) is 11.7 Å². The molecule has 0 unspecified atom stereocenters. The number of para-hydroxylation sites is 2. The van der Waals surface area contributed by atoms with Crippen LogP contribution in [0.3, 0.4) is 0 Å². The first kappa shape index (κ1) is 29.9. The largest absolute Gasteiger partial charge is 0.493 e. The van der Waals surface area contributed by atoms with Crippen LogP contribution in [0.1, 0.15) is 32.8 Å². The van der Waals surface area contributed by atoms with E-state index in [0.717, 1.165) is 5.56 Å². The summed E-state index contributed by atoms with van der Waals surface area (Å²) in [6, 6.07) is 13.3. The van der Waals surface area contributed by atoms with Gasteiger partial charge in [0.1, 0.15) is 6.61 Å². The number of hydrogen-bond donors (Lipinski definition) is 2. The van der Waals surface area contributed by atoms with E-state index >= 15 is 0 Å². The molecule has 0 spiro atoms. The SMILES string of the molecule is COc1ccccc1Oc1c(NS(=O)(=O)c2ccc(C(C)(C)C)cc2)nc(N2CCOCC2)nc1OCCC(=O)O. The first-order valence-corrected chi connectivity index (χ1v) is 14.5. The van der Waals surface area contributed by atoms with Gasteiger partial charge >= 0.3 is 5.97 Å². The molecule has 1 fully saturated rings. The summed E-state index contributed by atoms with van der Waals surface area (Å²) in [5.74, 6) is -0.742. The van der Waals surface area contributed by atoms with Crippen LogP contribution in [-0.4, -0.2) is 69.5 Å². The van der Waals surface area contributed by atoms with E-state index in [2.05, 4.69) is 14.7 Å². The zero-order chi connectivity index (χ0) is 29.6. The number of benzene rings is 2. The monoisotopic (exact) mass is 586 g/mol. The topological polar surface area (TPSA) is 149 Å². The molecule has 1 saturated heterocycles. The molecule has 1 aromatic heterocycles. The van der Waals surface area contributed by atoms with Crippen molar-refractivity contribution in [3.8, 4) is 23.1 Å². The second-order valence-electron chi connectivity index (χ2n) is 10.2. The summed E-state index contributed by atoms with van der Waals surface area (Å²) in [4.78, 5) is 22.0. The maximum Gasteiger partial charge on any atom is 0.306 e. The van der Waals surface area contributed by atoms with Gasteiger partial charge in [0, 0.05) is 13.1 Å². The molecule has 1 aliphatic rings. The fourth-order valence-electron chi connectivity index (χ4n) is 3.95. The molecular formula is C28H34N4O8S. The molecule has 4 rings (SSSR count). The van der Waals surface area contributed by atoms with Crippen LogP contribution in [-0.2, 0) is 25.0 Å². The molecule has 0 saturated carbocycles. The van der Waals surface area contributed by atoms with Gasteiger partial charge in [-0.15, -0.1) is 0 Å². The maximum atomic E-state index is 13.6. The molecule has 0 aliphatic carbocycles. The van der Waals surface area contributed by atoms with Crippen LogP contribution in [0.15, 0.2) is 53.4 Å². The van der Waals surface area contributed by atoms with Crippen LogP contribution in [0, 0.1) is 0 Å². The van der Waals surface area contributed by atoms with Crippen LogP contribution in [0.4, 0.5) is 11.8 Å². The fourth-order valence-corrected chi connectivity index (χ4v) is 4.96. The van der Waals surface area contributed by atoms with Crippen LogP contribution >= 0.6 is 0 Å². The Morgan fingerprint density at radius 2 is 1.71 bits per heavy atom. The number of carbonyl (C=O) groups is 1. The first-order valence-electron chi connectivity index (χ1n) is 13.0. The van der Waals surface area contributed by atoms with Crippen molar-refractivity contribution in [1.29, 1.82) is 0 Å². The van der Waals surface area contributed by atoms with E-state index in [9.17, 15) is 13.2 Å². The molecule has 12 nitrogen and oxygen atoms in total. The molecule has 1 aliphatic heterocycles. The van der Waals surface area contributed by atoms with Crippen molar-refractivity contribution in [3.63, 3.8) is 0 Å². The molecule has 2 aromatic carbocycles. The van der Waals surface area contributed by atoms with Crippen molar-refractivity contribution in [2.75, 3.05) is 49.6 Å². The molecular weight excluding hydrogens is 552 g/mol. The summed E-state index contributed by atoms with van der Waals surface area (Å²) in [6.45, 7) is 7.65. The number of carboxylic acids is 1. The van der Waals surface area contributed by atoms with Crippen LogP contribution in [0.5, 0.6) is 23.1 Å². The van der Waals surface area contributed by atoms with E-state index in [1.165, 1.54) is 19.2 Å². The maximum absolute atomic E-state index is 13.6. The second-order valence-corrected chi connectivity index (χ2v) is 11.9. The van der Waals surface area contributed by atoms with Crippen molar-refractivity contribution in [3.05, 3.63) is 54.1 Å². The minimum absolute atomic E-state index is 0.0219. The lowest BCUT2D eigenvalue weighted by Gasteiger charge is -2.28. The highest BCUT2D eigenvalue weighted by Crippen LogP contribution is 2.41. The predicted molar refractivity (Wildman–Crippen MR) is 152 cm³/mol. The molecule has 2 heterocycles. The highest BCUT2D eigenvalue weighted by Gasteiger charge is 2.27. The number of nitrogens with one attached hydrogen (secondary N) is 1. The standard InChI is InChI=1S/C28H34N4O8S/c1-28(2,3)19-9-11-20(12-10-19)41(35,36)31-25-24(40-22-8-6-5-7-21(22)37-4)26(39-16-13-23(33)34)30-27(29-25)32-14-17-38-18-15-32/h5-12H,13-18H2,1-4H3,(H,33,34)(H,29,30,31). The van der Waals surface area contributed by atoms with Gasteiger partial charge in [-0.1, -0.05) is 45.0 Å². The number of anilines is 2. The molecule has 0 atom stereocenters. The Morgan fingerprint density at radius 3 is 2.32 bits per heavy atom. The normalized spacial score (nSPS) is 13.9. The van der Waals surface area contributed by atoms with Crippen LogP contribution in [0.2, 0.25) is 0 Å². The van der Waals surface area contributed by atoms with Crippen molar-refractivity contribution >= 4 is 27.8 Å². The lowest BCUT2D eigenvalue weighted by molar-refractivity contribution is -0.137. The van der Waals surface area contributed by atoms with Crippen molar-refractivity contribution in [2.45, 2.75) is 37.5 Å². The number of ether oxygens (including phenoxy) is 4. The number of rotatable bonds is 11. The van der Waals surface area contributed by atoms with E-state index in [1.54, 1.807) is 36.4 Å². The number of aromatic nitrogens is 2. The molecule has 220 valence electrons. The minimum Gasteiger partial charge on any atom is -0.493 e. The van der Waals surface area contributed by atoms with Gasteiger partial charge in [-0.05, 0) is 35.2 Å². The number of carboxylic acid groups (broad SMARTS) is 1. The van der Waals surface area contributed by atoms with Gasteiger partial charge in [-0.3, -0.25) is 9.52 Å². The summed E-state index contributed by atoms with van der Waals surface area (Å²) in [5, 5.41) is 9.15. The van der Waals surface area contributed by atoms with E-state index in [4.69, 9.17) is 24.1 Å². The second kappa shape index (κ2) is 12.6. The van der Waals surface area contributed by atoms with Gasteiger partial charge in [-0.2, -0.15) is 9.97 Å². The highest BCUT2D eigenvalue weighted by molar-refractivity contribution is 7.92. The van der Waals surface area contributed by atoms with Gasteiger partial charge in [0.05, 0.1) is 31.6 Å². The number of morpholine rings is 1. The van der Waals surface area contributed by atoms with Gasteiger partial charge in [0.25, 0.3) is 15.9 Å². The average molecular weight is 587 g/mol. The molecule has 13 heteroatoms. The Kier molecular flexibility index (Phi) is 9.18. The number of sulfonamides is 1. The van der Waals surface area contributed by atoms with Crippen molar-refractivity contribution < 1.29 is 37.3 Å². The van der Waals surface area contributed by atoms with Gasteiger partial charge in [0.15, 0.2) is 17.3 Å². The van der Waals surface area contributed by atoms with E-state index in [0.29, 0.717) is 32.1 Å². The summed E-state index contributed by atoms with van der Waals surface area (Å²) < 4.78 is 52.4. The zero-order valence-corrected chi connectivity index (χ0v) is 24.2. The first-order chi connectivity index (χ1) is 19.5. The number of methoxy groups -OCH3 is 1. The van der Waals surface area contributed by atoms with E-state index in [-0.39, 0.29) is 52.5 Å². The van der Waals surface area contributed by atoms with Gasteiger partial charge in [-0.25, -0.2) is 8.42 Å². The summed E-state index contributed by atoms with van der Waals surface area (Å²) in [6.07, 6.45) is -0.313. The van der Waals surface area contributed by atoms with Crippen molar-refractivity contribution in [2.24, 2.45) is 0 Å². The van der Waals surface area contributed by atoms with E-state index < -0.39 is 16.0 Å². The quantitative estimate of drug-likeness (QED) is 0.335. The lowest BCUT2D eigenvalue weighted by Crippen LogP contribution is -2.37. The predicted octanol–water partition coefficient (Wildman–Crippen LogP) is 4.07. The van der Waals surface area contributed by atoms with Crippen LogP contribution < -0.4 is 23.8 Å². The number of hydrogen-bond acceptors (Lipinski definition) is 10. The third kappa shape index (κ3) is 7.55. The van der Waals surface area contributed by atoms with Crippen LogP contribution in [0.25, 0.3) is 0 Å². The molecule has 41 heavy (non-hydrogen) atoms. The Labute approximate surface area is 239 Å². The zero-order valence-electron chi connectivity index (χ0n) is 23.4.